The lowest BCUT2D eigenvalue weighted by atomic mass is 9.95. The van der Waals surface area contributed by atoms with Gasteiger partial charge in [0.1, 0.15) is 0 Å². The van der Waals surface area contributed by atoms with Gasteiger partial charge in [0.05, 0.1) is 0 Å². The Balaban J connectivity index is 0.000000169. The number of hydrogen-bond donors (Lipinski definition) is 0. The summed E-state index contributed by atoms with van der Waals surface area (Å²) in [5, 5.41) is 2.10. The molecule has 1 heterocycles. The van der Waals surface area contributed by atoms with Crippen LogP contribution in [0.4, 0.5) is 0 Å². The zero-order valence-electron chi connectivity index (χ0n) is 9.71. The van der Waals surface area contributed by atoms with Crippen molar-refractivity contribution in [2.24, 2.45) is 0 Å². The molecule has 3 rings (SSSR count). The minimum Gasteiger partial charge on any atom is -0.289 e. The van der Waals surface area contributed by atoms with Crippen LogP contribution in [0.2, 0.25) is 0 Å². The third-order valence-electron chi connectivity index (χ3n) is 2.46. The molecule has 0 N–H and O–H groups in total. The predicted molar refractivity (Wildman–Crippen MR) is 75.0 cm³/mol. The first-order chi connectivity index (χ1) is 8.79. The molecule has 0 atom stereocenters. The quantitative estimate of drug-likeness (QED) is 0.713. The SMILES string of the molecule is C1=CCSC=C1.O=C1C=CC(=O)c2ccccc21. The molecule has 0 unspecified atom stereocenters. The molecule has 0 bridgehead atoms. The van der Waals surface area contributed by atoms with E-state index < -0.39 is 0 Å². The second-order valence-corrected chi connectivity index (χ2v) is 4.64. The van der Waals surface area contributed by atoms with E-state index in [0.29, 0.717) is 11.1 Å². The Morgan fingerprint density at radius 2 is 1.50 bits per heavy atom. The summed E-state index contributed by atoms with van der Waals surface area (Å²) >= 11 is 1.83. The molecule has 0 fully saturated rings. The van der Waals surface area contributed by atoms with Crippen LogP contribution in [0.25, 0.3) is 0 Å². The summed E-state index contributed by atoms with van der Waals surface area (Å²) in [5.74, 6) is 0.964. The molecule has 90 valence electrons. The molecule has 2 nitrogen and oxygen atoms in total. The average molecular weight is 256 g/mol. The Morgan fingerprint density at radius 3 is 1.83 bits per heavy atom. The molecular formula is C15H12O2S. The van der Waals surface area contributed by atoms with Crippen LogP contribution < -0.4 is 0 Å². The molecular weight excluding hydrogens is 244 g/mol. The van der Waals surface area contributed by atoms with Gasteiger partial charge < -0.3 is 0 Å². The van der Waals surface area contributed by atoms with Crippen LogP contribution in [0, 0.1) is 0 Å². The van der Waals surface area contributed by atoms with Crippen molar-refractivity contribution in [1.29, 1.82) is 0 Å². The lowest BCUT2D eigenvalue weighted by Crippen LogP contribution is -2.10. The van der Waals surface area contributed by atoms with Crippen molar-refractivity contribution in [1.82, 2.24) is 0 Å². The monoisotopic (exact) mass is 256 g/mol. The van der Waals surface area contributed by atoms with Crippen LogP contribution in [0.1, 0.15) is 20.7 Å². The van der Waals surface area contributed by atoms with Crippen molar-refractivity contribution < 1.29 is 9.59 Å². The maximum absolute atomic E-state index is 11.2. The highest BCUT2D eigenvalue weighted by atomic mass is 32.2. The van der Waals surface area contributed by atoms with Gasteiger partial charge in [0.2, 0.25) is 0 Å². The van der Waals surface area contributed by atoms with Gasteiger partial charge >= 0.3 is 0 Å². The van der Waals surface area contributed by atoms with Gasteiger partial charge in [0, 0.05) is 16.9 Å². The normalized spacial score (nSPS) is 16.0. The number of carbonyl (C=O) groups is 2. The van der Waals surface area contributed by atoms with E-state index in [2.05, 4.69) is 17.6 Å². The molecule has 18 heavy (non-hydrogen) atoms. The standard InChI is InChI=1S/C10H6O2.C5H6S/c11-9-5-6-10(12)8-4-2-1-3-7(8)9;1-2-4-6-5-3-1/h1-6H;1-4H,5H2. The van der Waals surface area contributed by atoms with Gasteiger partial charge in [-0.3, -0.25) is 9.59 Å². The van der Waals surface area contributed by atoms with Crippen LogP contribution in [-0.2, 0) is 0 Å². The largest absolute Gasteiger partial charge is 0.289 e. The van der Waals surface area contributed by atoms with E-state index in [9.17, 15) is 9.59 Å². The van der Waals surface area contributed by atoms with E-state index >= 15 is 0 Å². The summed E-state index contributed by atoms with van der Waals surface area (Å²) < 4.78 is 0. The molecule has 0 radical (unpaired) electrons. The third-order valence-corrected chi connectivity index (χ3v) is 3.19. The molecule has 1 aromatic rings. The third kappa shape index (κ3) is 3.08. The van der Waals surface area contributed by atoms with Crippen molar-refractivity contribution in [3.63, 3.8) is 0 Å². The van der Waals surface area contributed by atoms with Gasteiger partial charge in [-0.15, -0.1) is 11.8 Å². The van der Waals surface area contributed by atoms with Crippen LogP contribution in [0.3, 0.4) is 0 Å². The second-order valence-electron chi connectivity index (χ2n) is 3.70. The molecule has 1 aliphatic heterocycles. The Bertz CT molecular complexity index is 504. The van der Waals surface area contributed by atoms with Crippen LogP contribution >= 0.6 is 11.8 Å². The number of hydrogen-bond acceptors (Lipinski definition) is 3. The smallest absolute Gasteiger partial charge is 0.186 e. The average Bonchev–Trinajstić information content (AvgIpc) is 2.46. The molecule has 2 aliphatic rings. The van der Waals surface area contributed by atoms with Crippen molar-refractivity contribution >= 4 is 23.3 Å². The molecule has 3 heteroatoms. The summed E-state index contributed by atoms with van der Waals surface area (Å²) in [4.78, 5) is 22.4. The number of allylic oxidation sites excluding steroid dienone is 4. The summed E-state index contributed by atoms with van der Waals surface area (Å²) in [7, 11) is 0. The Hall–Kier alpha value is -1.87. The minimum absolute atomic E-state index is 0.0924. The first-order valence-electron chi connectivity index (χ1n) is 5.58. The zero-order chi connectivity index (χ0) is 12.8. The van der Waals surface area contributed by atoms with E-state index in [1.807, 2.05) is 17.8 Å². The van der Waals surface area contributed by atoms with E-state index in [0.717, 1.165) is 5.75 Å². The summed E-state index contributed by atoms with van der Waals surface area (Å²) in [5.41, 5.74) is 1.01. The fourth-order valence-corrected chi connectivity index (χ4v) is 2.13. The number of rotatable bonds is 0. The Labute approximate surface area is 110 Å². The van der Waals surface area contributed by atoms with Crippen molar-refractivity contribution in [2.75, 3.05) is 5.75 Å². The van der Waals surface area contributed by atoms with Crippen molar-refractivity contribution in [3.05, 3.63) is 71.2 Å². The number of ketones is 2. The fourth-order valence-electron chi connectivity index (χ4n) is 1.59. The fraction of sp³-hybridized carbons (Fsp3) is 0.0667. The first-order valence-corrected chi connectivity index (χ1v) is 6.63. The van der Waals surface area contributed by atoms with Crippen molar-refractivity contribution in [3.8, 4) is 0 Å². The molecule has 0 spiro atoms. The number of thioether (sulfide) groups is 1. The zero-order valence-corrected chi connectivity index (χ0v) is 10.5. The van der Waals surface area contributed by atoms with E-state index in [1.165, 1.54) is 12.2 Å². The van der Waals surface area contributed by atoms with Gasteiger partial charge in [-0.05, 0) is 17.6 Å². The molecule has 1 aromatic carbocycles. The van der Waals surface area contributed by atoms with Crippen LogP contribution in [0.5, 0.6) is 0 Å². The lowest BCUT2D eigenvalue weighted by Gasteiger charge is -2.06. The predicted octanol–water partition coefficient (Wildman–Crippen LogP) is 3.42. The van der Waals surface area contributed by atoms with E-state index in [1.54, 1.807) is 24.3 Å². The minimum atomic E-state index is -0.0924. The highest BCUT2D eigenvalue weighted by molar-refractivity contribution is 8.02. The molecule has 0 saturated heterocycles. The maximum Gasteiger partial charge on any atom is 0.186 e. The summed E-state index contributed by atoms with van der Waals surface area (Å²) in [6.45, 7) is 0. The first kappa shape index (κ1) is 12.6. The highest BCUT2D eigenvalue weighted by Crippen LogP contribution is 2.15. The molecule has 0 aromatic heterocycles. The van der Waals surface area contributed by atoms with Gasteiger partial charge in [0.15, 0.2) is 11.6 Å². The Morgan fingerprint density at radius 1 is 0.889 bits per heavy atom. The van der Waals surface area contributed by atoms with Gasteiger partial charge in [0.25, 0.3) is 0 Å². The molecule has 1 aliphatic carbocycles. The summed E-state index contributed by atoms with van der Waals surface area (Å²) in [6.07, 6.45) is 8.88. The van der Waals surface area contributed by atoms with Gasteiger partial charge in [-0.25, -0.2) is 0 Å². The molecule has 0 saturated carbocycles. The number of carbonyl (C=O) groups excluding carboxylic acids is 2. The Kier molecular flexibility index (Phi) is 4.31. The second kappa shape index (κ2) is 6.17. The number of benzene rings is 1. The van der Waals surface area contributed by atoms with E-state index in [-0.39, 0.29) is 11.6 Å². The number of fused-ring (bicyclic) bond motifs is 1. The molecule has 0 amide bonds. The van der Waals surface area contributed by atoms with Crippen LogP contribution in [0.15, 0.2) is 60.1 Å². The highest BCUT2D eigenvalue weighted by Gasteiger charge is 2.16. The topological polar surface area (TPSA) is 34.1 Å². The van der Waals surface area contributed by atoms with Crippen LogP contribution in [-0.4, -0.2) is 17.3 Å². The van der Waals surface area contributed by atoms with Gasteiger partial charge in [-0.1, -0.05) is 42.5 Å². The van der Waals surface area contributed by atoms with Gasteiger partial charge in [-0.2, -0.15) is 0 Å². The summed E-state index contributed by atoms with van der Waals surface area (Å²) in [6, 6.07) is 6.84. The lowest BCUT2D eigenvalue weighted by molar-refractivity contribution is 0.0994. The maximum atomic E-state index is 11.2. The van der Waals surface area contributed by atoms with E-state index in [4.69, 9.17) is 0 Å². The van der Waals surface area contributed by atoms with Crippen molar-refractivity contribution in [2.45, 2.75) is 0 Å².